The van der Waals surface area contributed by atoms with Crippen LogP contribution >= 0.6 is 11.6 Å². The van der Waals surface area contributed by atoms with E-state index in [1.54, 1.807) is 30.3 Å². The Hall–Kier alpha value is -4.42. The summed E-state index contributed by atoms with van der Waals surface area (Å²) in [4.78, 5) is 39.6. The fourth-order valence-electron chi connectivity index (χ4n) is 3.91. The number of rotatable bonds is 7. The van der Waals surface area contributed by atoms with E-state index in [1.807, 2.05) is 48.5 Å². The minimum Gasteiger partial charge on any atom is -0.457 e. The highest BCUT2D eigenvalue weighted by Crippen LogP contribution is 2.28. The van der Waals surface area contributed by atoms with E-state index in [4.69, 9.17) is 21.1 Å². The summed E-state index contributed by atoms with van der Waals surface area (Å²) in [6, 6.07) is 28.0. The van der Waals surface area contributed by atoms with Crippen LogP contribution in [0.3, 0.4) is 0 Å². The molecule has 4 aromatic carbocycles. The first-order valence-electron chi connectivity index (χ1n) is 11.2. The maximum atomic E-state index is 13.0. The van der Waals surface area contributed by atoms with Crippen molar-refractivity contribution in [3.63, 3.8) is 0 Å². The number of halogens is 1. The number of imide groups is 1. The van der Waals surface area contributed by atoms with Crippen LogP contribution in [0.1, 0.15) is 42.2 Å². The number of para-hydroxylation sites is 1. The summed E-state index contributed by atoms with van der Waals surface area (Å²) in [6.07, 6.45) is 0. The van der Waals surface area contributed by atoms with Crippen LogP contribution < -0.4 is 4.74 Å². The predicted octanol–water partition coefficient (Wildman–Crippen LogP) is 6.29. The van der Waals surface area contributed by atoms with Crippen LogP contribution in [0, 0.1) is 0 Å². The largest absolute Gasteiger partial charge is 0.457 e. The molecule has 178 valence electrons. The normalized spacial score (nSPS) is 12.4. The van der Waals surface area contributed by atoms with Crippen LogP contribution in [0.15, 0.2) is 97.1 Å². The van der Waals surface area contributed by atoms with Crippen molar-refractivity contribution in [1.82, 2.24) is 4.90 Å². The standard InChI is InChI=1S/C29H20ClNO5/c30-26-12-5-4-8-21(26)17-31-27(32)24-14-13-20(16-25(24)28(31)33)29(34)35-18-19-7-6-11-23(15-19)36-22-9-2-1-3-10-22/h1-16H,17-18H2. The molecular formula is C29H20ClNO5. The highest BCUT2D eigenvalue weighted by Gasteiger charge is 2.36. The molecular weight excluding hydrogens is 478 g/mol. The van der Waals surface area contributed by atoms with Gasteiger partial charge in [0, 0.05) is 5.02 Å². The third kappa shape index (κ3) is 4.85. The molecule has 6 nitrogen and oxygen atoms in total. The summed E-state index contributed by atoms with van der Waals surface area (Å²) in [5.74, 6) is -0.181. The molecule has 1 aliphatic heterocycles. The number of hydrogen-bond acceptors (Lipinski definition) is 5. The minimum absolute atomic E-state index is 0.0212. The summed E-state index contributed by atoms with van der Waals surface area (Å²) in [7, 11) is 0. The Kier molecular flexibility index (Phi) is 6.52. The third-order valence-corrected chi connectivity index (χ3v) is 6.11. The fourth-order valence-corrected chi connectivity index (χ4v) is 4.11. The molecule has 0 N–H and O–H groups in total. The van der Waals surface area contributed by atoms with E-state index in [0.717, 1.165) is 10.5 Å². The van der Waals surface area contributed by atoms with Gasteiger partial charge in [0.1, 0.15) is 18.1 Å². The lowest BCUT2D eigenvalue weighted by molar-refractivity contribution is 0.0472. The van der Waals surface area contributed by atoms with Gasteiger partial charge >= 0.3 is 5.97 Å². The van der Waals surface area contributed by atoms with Gasteiger partial charge in [0.25, 0.3) is 11.8 Å². The Morgan fingerprint density at radius 1 is 0.750 bits per heavy atom. The Balaban J connectivity index is 1.26. The number of carbonyl (C=O) groups is 3. The lowest BCUT2D eigenvalue weighted by atomic mass is 10.1. The van der Waals surface area contributed by atoms with Crippen molar-refractivity contribution in [1.29, 1.82) is 0 Å². The van der Waals surface area contributed by atoms with E-state index in [1.165, 1.54) is 18.2 Å². The lowest BCUT2D eigenvalue weighted by Crippen LogP contribution is -2.29. The lowest BCUT2D eigenvalue weighted by Gasteiger charge is -2.14. The Labute approximate surface area is 212 Å². The molecule has 7 heteroatoms. The zero-order chi connectivity index (χ0) is 25.1. The molecule has 36 heavy (non-hydrogen) atoms. The topological polar surface area (TPSA) is 72.9 Å². The molecule has 1 aliphatic rings. The molecule has 0 aromatic heterocycles. The number of carbonyl (C=O) groups excluding carboxylic acids is 3. The van der Waals surface area contributed by atoms with E-state index >= 15 is 0 Å². The molecule has 0 unspecified atom stereocenters. The van der Waals surface area contributed by atoms with Crippen LogP contribution in [0.2, 0.25) is 5.02 Å². The number of nitrogens with zero attached hydrogens (tertiary/aromatic N) is 1. The fraction of sp³-hybridized carbons (Fsp3) is 0.0690. The molecule has 2 amide bonds. The molecule has 0 fully saturated rings. The highest BCUT2D eigenvalue weighted by atomic mass is 35.5. The number of benzene rings is 4. The third-order valence-electron chi connectivity index (χ3n) is 5.74. The summed E-state index contributed by atoms with van der Waals surface area (Å²) < 4.78 is 11.3. The molecule has 0 bridgehead atoms. The van der Waals surface area contributed by atoms with Gasteiger partial charge in [-0.3, -0.25) is 14.5 Å². The Bertz CT molecular complexity index is 1470. The Morgan fingerprint density at radius 2 is 1.47 bits per heavy atom. The van der Waals surface area contributed by atoms with Crippen molar-refractivity contribution in [2.75, 3.05) is 0 Å². The van der Waals surface area contributed by atoms with E-state index in [2.05, 4.69) is 0 Å². The summed E-state index contributed by atoms with van der Waals surface area (Å²) in [5, 5.41) is 0.469. The van der Waals surface area contributed by atoms with Gasteiger partial charge in [-0.1, -0.05) is 60.1 Å². The molecule has 0 saturated carbocycles. The van der Waals surface area contributed by atoms with Gasteiger partial charge in [-0.05, 0) is 59.7 Å². The van der Waals surface area contributed by atoms with E-state index < -0.39 is 17.8 Å². The summed E-state index contributed by atoms with van der Waals surface area (Å²) in [6.45, 7) is 0.0700. The summed E-state index contributed by atoms with van der Waals surface area (Å²) in [5.41, 5.74) is 2.00. The van der Waals surface area contributed by atoms with Crippen LogP contribution in [0.4, 0.5) is 0 Å². The number of esters is 1. The van der Waals surface area contributed by atoms with Crippen molar-refractivity contribution in [3.05, 3.63) is 130 Å². The number of fused-ring (bicyclic) bond motifs is 1. The molecule has 1 heterocycles. The van der Waals surface area contributed by atoms with E-state index in [9.17, 15) is 14.4 Å². The molecule has 0 radical (unpaired) electrons. The molecule has 4 aromatic rings. The second-order valence-electron chi connectivity index (χ2n) is 8.19. The molecule has 0 spiro atoms. The second-order valence-corrected chi connectivity index (χ2v) is 8.59. The average molecular weight is 498 g/mol. The predicted molar refractivity (Wildman–Crippen MR) is 134 cm³/mol. The highest BCUT2D eigenvalue weighted by molar-refractivity contribution is 6.31. The van der Waals surface area contributed by atoms with Crippen molar-refractivity contribution < 1.29 is 23.9 Å². The van der Waals surface area contributed by atoms with Crippen LogP contribution in [0.25, 0.3) is 0 Å². The van der Waals surface area contributed by atoms with Crippen LogP contribution in [-0.4, -0.2) is 22.7 Å². The van der Waals surface area contributed by atoms with Gasteiger partial charge in [0.2, 0.25) is 0 Å². The maximum Gasteiger partial charge on any atom is 0.338 e. The van der Waals surface area contributed by atoms with Gasteiger partial charge in [-0.2, -0.15) is 0 Å². The first kappa shape index (κ1) is 23.3. The number of hydrogen-bond donors (Lipinski definition) is 0. The van der Waals surface area contributed by atoms with Gasteiger partial charge in [-0.15, -0.1) is 0 Å². The van der Waals surface area contributed by atoms with Gasteiger partial charge in [0.15, 0.2) is 0 Å². The maximum absolute atomic E-state index is 13.0. The van der Waals surface area contributed by atoms with Crippen molar-refractivity contribution >= 4 is 29.4 Å². The molecule has 5 rings (SSSR count). The zero-order valence-corrected chi connectivity index (χ0v) is 19.8. The molecule has 0 atom stereocenters. The monoisotopic (exact) mass is 497 g/mol. The zero-order valence-electron chi connectivity index (χ0n) is 19.0. The second kappa shape index (κ2) is 10.1. The van der Waals surface area contributed by atoms with Gasteiger partial charge in [-0.25, -0.2) is 4.79 Å². The van der Waals surface area contributed by atoms with Crippen LogP contribution in [0.5, 0.6) is 11.5 Å². The SMILES string of the molecule is O=C(OCc1cccc(Oc2ccccc2)c1)c1ccc2c(c1)C(=O)N(Cc1ccccc1Cl)C2=O. The number of amides is 2. The van der Waals surface area contributed by atoms with Gasteiger partial charge in [0.05, 0.1) is 23.2 Å². The van der Waals surface area contributed by atoms with Crippen molar-refractivity contribution in [2.45, 2.75) is 13.2 Å². The first-order valence-corrected chi connectivity index (χ1v) is 11.6. The molecule has 0 saturated heterocycles. The van der Waals surface area contributed by atoms with E-state index in [-0.39, 0.29) is 29.8 Å². The number of ether oxygens (including phenoxy) is 2. The molecule has 0 aliphatic carbocycles. The quantitative estimate of drug-likeness (QED) is 0.222. The Morgan fingerprint density at radius 3 is 2.28 bits per heavy atom. The van der Waals surface area contributed by atoms with E-state index in [0.29, 0.717) is 22.1 Å². The van der Waals surface area contributed by atoms with Crippen molar-refractivity contribution in [2.24, 2.45) is 0 Å². The summed E-state index contributed by atoms with van der Waals surface area (Å²) >= 11 is 6.19. The minimum atomic E-state index is -0.600. The average Bonchev–Trinajstić information content (AvgIpc) is 3.13. The van der Waals surface area contributed by atoms with Crippen LogP contribution in [-0.2, 0) is 17.9 Å². The van der Waals surface area contributed by atoms with Gasteiger partial charge < -0.3 is 9.47 Å². The van der Waals surface area contributed by atoms with Crippen molar-refractivity contribution in [3.8, 4) is 11.5 Å². The first-order chi connectivity index (χ1) is 17.5. The smallest absolute Gasteiger partial charge is 0.338 e.